The van der Waals surface area contributed by atoms with E-state index >= 15 is 0 Å². The number of anilines is 2. The molecule has 1 fully saturated rings. The van der Waals surface area contributed by atoms with Gasteiger partial charge in [-0.3, -0.25) is 4.79 Å². The van der Waals surface area contributed by atoms with Crippen LogP contribution in [-0.2, 0) is 16.1 Å². The summed E-state index contributed by atoms with van der Waals surface area (Å²) in [5, 5.41) is 3.00. The fourth-order valence-electron chi connectivity index (χ4n) is 3.68. The average molecular weight is 435 g/mol. The Morgan fingerprint density at radius 3 is 2.81 bits per heavy atom. The summed E-state index contributed by atoms with van der Waals surface area (Å²) in [6.45, 7) is 5.38. The number of amides is 2. The number of nitrogens with zero attached hydrogens (tertiary/aromatic N) is 3. The number of rotatable bonds is 5. The predicted molar refractivity (Wildman–Crippen MR) is 108 cm³/mol. The van der Waals surface area contributed by atoms with Gasteiger partial charge in [0, 0.05) is 18.0 Å². The van der Waals surface area contributed by atoms with E-state index in [1.807, 2.05) is 13.8 Å². The van der Waals surface area contributed by atoms with Crippen LogP contribution in [0.4, 0.5) is 25.1 Å². The Labute approximate surface area is 177 Å². The van der Waals surface area contributed by atoms with Gasteiger partial charge in [0.25, 0.3) is 6.43 Å². The summed E-state index contributed by atoms with van der Waals surface area (Å²) < 4.78 is 39.6. The van der Waals surface area contributed by atoms with Gasteiger partial charge >= 0.3 is 6.09 Å². The fourth-order valence-corrected chi connectivity index (χ4v) is 3.68. The van der Waals surface area contributed by atoms with Gasteiger partial charge in [0.15, 0.2) is 5.82 Å². The van der Waals surface area contributed by atoms with Crippen molar-refractivity contribution >= 4 is 23.5 Å². The lowest BCUT2D eigenvalue weighted by molar-refractivity contribution is -0.118. The van der Waals surface area contributed by atoms with Gasteiger partial charge in [-0.15, -0.1) is 0 Å². The number of imidazole rings is 1. The molecule has 0 saturated carbocycles. The number of primary amides is 1. The first kappa shape index (κ1) is 20.9. The zero-order valence-corrected chi connectivity index (χ0v) is 17.3. The minimum absolute atomic E-state index is 0.0935. The number of benzene rings is 1. The zero-order valence-electron chi connectivity index (χ0n) is 17.3. The second-order valence-corrected chi connectivity index (χ2v) is 8.24. The number of ether oxygens (including phenoxy) is 2. The molecule has 31 heavy (non-hydrogen) atoms. The molecule has 2 aliphatic rings. The van der Waals surface area contributed by atoms with Gasteiger partial charge in [-0.2, -0.15) is 0 Å². The molecule has 1 saturated heterocycles. The number of nitrogens with one attached hydrogen (secondary N) is 1. The Bertz CT molecular complexity index is 1040. The molecule has 9 nitrogen and oxygen atoms in total. The molecular formula is C20H23F2N5O4. The van der Waals surface area contributed by atoms with Gasteiger partial charge in [0.05, 0.1) is 12.1 Å². The third kappa shape index (κ3) is 3.87. The van der Waals surface area contributed by atoms with Crippen LogP contribution in [0.1, 0.15) is 20.8 Å². The molecule has 2 aromatic rings. The molecule has 0 spiro atoms. The van der Waals surface area contributed by atoms with Gasteiger partial charge in [0.2, 0.25) is 5.91 Å². The van der Waals surface area contributed by atoms with E-state index in [0.29, 0.717) is 29.4 Å². The number of hydrogen-bond donors (Lipinski definition) is 2. The molecule has 0 aliphatic carbocycles. The lowest BCUT2D eigenvalue weighted by atomic mass is 10.1. The van der Waals surface area contributed by atoms with Crippen LogP contribution in [0.3, 0.4) is 0 Å². The third-order valence-electron chi connectivity index (χ3n) is 5.18. The number of nitrogens with two attached hydrogens (primary N) is 1. The lowest BCUT2D eigenvalue weighted by Gasteiger charge is -2.25. The highest BCUT2D eigenvalue weighted by Crippen LogP contribution is 2.40. The second-order valence-electron chi connectivity index (χ2n) is 8.24. The van der Waals surface area contributed by atoms with Crippen molar-refractivity contribution in [1.29, 1.82) is 0 Å². The maximum Gasteiger partial charge on any atom is 0.416 e. The number of alkyl halides is 2. The number of fused-ring (bicyclic) bond motifs is 3. The largest absolute Gasteiger partial charge is 0.485 e. The van der Waals surface area contributed by atoms with Gasteiger partial charge in [0.1, 0.15) is 35.9 Å². The van der Waals surface area contributed by atoms with Crippen LogP contribution in [-0.4, -0.2) is 52.3 Å². The topological polar surface area (TPSA) is 112 Å². The Balaban J connectivity index is 1.76. The summed E-state index contributed by atoms with van der Waals surface area (Å²) in [6.07, 6.45) is -2.06. The Morgan fingerprint density at radius 1 is 1.39 bits per heavy atom. The molecule has 4 rings (SSSR count). The van der Waals surface area contributed by atoms with Gasteiger partial charge in [-0.1, -0.05) is 0 Å². The van der Waals surface area contributed by atoms with E-state index in [0.717, 1.165) is 4.90 Å². The molecule has 3 heterocycles. The summed E-state index contributed by atoms with van der Waals surface area (Å²) in [7, 11) is 0. The van der Waals surface area contributed by atoms with Gasteiger partial charge in [-0.25, -0.2) is 23.5 Å². The number of cyclic esters (lactones) is 1. The van der Waals surface area contributed by atoms with E-state index < -0.39 is 42.7 Å². The number of hydrogen-bond acceptors (Lipinski definition) is 6. The highest BCUT2D eigenvalue weighted by Gasteiger charge is 2.42. The molecule has 0 unspecified atom stereocenters. The molecular weight excluding hydrogens is 412 g/mol. The standard InChI is InChI=1S/C20H23F2N5O4/c1-10(17(23)28)24-11-4-5-12-14(6-11)31-20(2,3)9-26-7-15(25-18(12)26)27-13(16(21)22)8-30-19(27)29/h4-7,10,13,16,24H,8-9H2,1-3H3,(H2,23,28)/t10-,13-/m0/s1. The van der Waals surface area contributed by atoms with Crippen molar-refractivity contribution < 1.29 is 27.8 Å². The molecule has 1 aromatic carbocycles. The highest BCUT2D eigenvalue weighted by molar-refractivity contribution is 5.90. The summed E-state index contributed by atoms with van der Waals surface area (Å²) in [4.78, 5) is 28.8. The molecule has 3 N–H and O–H groups in total. The Kier molecular flexibility index (Phi) is 4.98. The summed E-state index contributed by atoms with van der Waals surface area (Å²) in [6, 6.07) is 3.25. The summed E-state index contributed by atoms with van der Waals surface area (Å²) >= 11 is 0. The van der Waals surface area contributed by atoms with E-state index in [4.69, 9.17) is 15.2 Å². The Hall–Kier alpha value is -3.37. The normalized spacial score (nSPS) is 20.4. The first-order valence-electron chi connectivity index (χ1n) is 9.76. The summed E-state index contributed by atoms with van der Waals surface area (Å²) in [5.41, 5.74) is 5.90. The fraction of sp³-hybridized carbons (Fsp3) is 0.450. The lowest BCUT2D eigenvalue weighted by Crippen LogP contribution is -2.39. The molecule has 11 heteroatoms. The monoisotopic (exact) mass is 435 g/mol. The highest BCUT2D eigenvalue weighted by atomic mass is 19.3. The van der Waals surface area contributed by atoms with Crippen LogP contribution in [0.15, 0.2) is 24.4 Å². The van der Waals surface area contributed by atoms with E-state index in [-0.39, 0.29) is 5.82 Å². The van der Waals surface area contributed by atoms with Crippen LogP contribution in [0.2, 0.25) is 0 Å². The van der Waals surface area contributed by atoms with Crippen molar-refractivity contribution in [3.8, 4) is 17.1 Å². The van der Waals surface area contributed by atoms with E-state index in [2.05, 4.69) is 10.3 Å². The van der Waals surface area contributed by atoms with Crippen molar-refractivity contribution in [2.24, 2.45) is 5.73 Å². The van der Waals surface area contributed by atoms with Crippen LogP contribution in [0.25, 0.3) is 11.4 Å². The van der Waals surface area contributed by atoms with Crippen LogP contribution >= 0.6 is 0 Å². The quantitative estimate of drug-likeness (QED) is 0.747. The predicted octanol–water partition coefficient (Wildman–Crippen LogP) is 2.60. The molecule has 2 aliphatic heterocycles. The molecule has 2 atom stereocenters. The van der Waals surface area contributed by atoms with Gasteiger partial charge < -0.3 is 25.1 Å². The first-order chi connectivity index (χ1) is 14.6. The number of aromatic nitrogens is 2. The SMILES string of the molecule is C[C@H](Nc1ccc2c(c1)OC(C)(C)Cn1cc(N3C(=O)OC[C@H]3C(F)F)nc1-2)C(N)=O. The van der Waals surface area contributed by atoms with Crippen molar-refractivity contribution in [2.45, 2.75) is 51.4 Å². The van der Waals surface area contributed by atoms with E-state index in [1.54, 1.807) is 35.9 Å². The van der Waals surface area contributed by atoms with Crippen LogP contribution in [0.5, 0.6) is 5.75 Å². The number of carbonyl (C=O) groups excluding carboxylic acids is 2. The Morgan fingerprint density at radius 2 is 2.13 bits per heavy atom. The van der Waals surface area contributed by atoms with Crippen molar-refractivity contribution in [3.63, 3.8) is 0 Å². The zero-order chi connectivity index (χ0) is 22.5. The van der Waals surface area contributed by atoms with Gasteiger partial charge in [-0.05, 0) is 32.9 Å². The maximum absolute atomic E-state index is 13.4. The average Bonchev–Trinajstić information content (AvgIpc) is 3.21. The second kappa shape index (κ2) is 7.40. The van der Waals surface area contributed by atoms with Crippen molar-refractivity contribution in [2.75, 3.05) is 16.8 Å². The van der Waals surface area contributed by atoms with Crippen molar-refractivity contribution in [3.05, 3.63) is 24.4 Å². The van der Waals surface area contributed by atoms with Crippen molar-refractivity contribution in [1.82, 2.24) is 9.55 Å². The van der Waals surface area contributed by atoms with E-state index in [1.165, 1.54) is 0 Å². The van der Waals surface area contributed by atoms with E-state index in [9.17, 15) is 18.4 Å². The summed E-state index contributed by atoms with van der Waals surface area (Å²) in [5.74, 6) is 0.563. The minimum Gasteiger partial charge on any atom is -0.485 e. The molecule has 2 amide bonds. The molecule has 166 valence electrons. The third-order valence-corrected chi connectivity index (χ3v) is 5.18. The van der Waals surface area contributed by atoms with Crippen LogP contribution in [0, 0.1) is 0 Å². The minimum atomic E-state index is -2.76. The first-order valence-corrected chi connectivity index (χ1v) is 9.76. The maximum atomic E-state index is 13.4. The molecule has 0 radical (unpaired) electrons. The number of carbonyl (C=O) groups is 2. The van der Waals surface area contributed by atoms with Crippen LogP contribution < -0.4 is 20.7 Å². The molecule has 1 aromatic heterocycles. The molecule has 0 bridgehead atoms. The number of halogens is 2. The smallest absolute Gasteiger partial charge is 0.416 e.